The quantitative estimate of drug-likeness (QED) is 0.909. The Balaban J connectivity index is 0.00000192. The molecule has 0 aliphatic carbocycles. The molecule has 1 amide bonds. The van der Waals surface area contributed by atoms with Gasteiger partial charge in [-0.25, -0.2) is 4.79 Å². The lowest BCUT2D eigenvalue weighted by Gasteiger charge is -2.14. The van der Waals surface area contributed by atoms with Crippen molar-refractivity contribution in [1.82, 2.24) is 5.32 Å². The summed E-state index contributed by atoms with van der Waals surface area (Å²) in [7, 11) is 1.60. The first-order chi connectivity index (χ1) is 10.8. The molecule has 5 nitrogen and oxygen atoms in total. The lowest BCUT2D eigenvalue weighted by Crippen LogP contribution is -2.18. The van der Waals surface area contributed by atoms with Gasteiger partial charge in [0.2, 0.25) is 0 Å². The molecule has 0 aromatic heterocycles. The normalized spacial score (nSPS) is 16.0. The Morgan fingerprint density at radius 3 is 2.61 bits per heavy atom. The second kappa shape index (κ2) is 7.74. The number of nitrogens with one attached hydrogen (secondary N) is 1. The highest BCUT2D eigenvalue weighted by Crippen LogP contribution is 2.32. The van der Waals surface area contributed by atoms with Crippen LogP contribution in [0.3, 0.4) is 0 Å². The molecule has 0 spiro atoms. The van der Waals surface area contributed by atoms with E-state index in [1.54, 1.807) is 7.11 Å². The van der Waals surface area contributed by atoms with Crippen molar-refractivity contribution in [3.8, 4) is 11.5 Å². The number of alkyl carbamates (subject to hydrolysis) is 1. The first-order valence-corrected chi connectivity index (χ1v) is 7.04. The molecular formula is C17H18ClNO4. The van der Waals surface area contributed by atoms with Crippen molar-refractivity contribution in [2.75, 3.05) is 13.7 Å². The Morgan fingerprint density at radius 2 is 1.96 bits per heavy atom. The number of hydrogen-bond donors (Lipinski definition) is 1. The Bertz CT molecular complexity index is 663. The first kappa shape index (κ1) is 17.0. The molecule has 1 fully saturated rings. The fraction of sp³-hybridized carbons (Fsp3) is 0.235. The van der Waals surface area contributed by atoms with Crippen molar-refractivity contribution in [3.63, 3.8) is 0 Å². The van der Waals surface area contributed by atoms with Crippen molar-refractivity contribution >= 4 is 18.5 Å². The van der Waals surface area contributed by atoms with Crippen LogP contribution in [-0.2, 0) is 11.3 Å². The Labute approximate surface area is 141 Å². The topological polar surface area (TPSA) is 56.8 Å². The van der Waals surface area contributed by atoms with E-state index in [0.29, 0.717) is 24.7 Å². The molecule has 1 heterocycles. The summed E-state index contributed by atoms with van der Waals surface area (Å²) in [6.07, 6.45) is -0.396. The minimum atomic E-state index is -0.396. The second-order valence-corrected chi connectivity index (χ2v) is 4.98. The van der Waals surface area contributed by atoms with E-state index in [1.807, 2.05) is 48.5 Å². The van der Waals surface area contributed by atoms with E-state index in [9.17, 15) is 4.79 Å². The summed E-state index contributed by atoms with van der Waals surface area (Å²) in [5.74, 6) is 1.30. The van der Waals surface area contributed by atoms with Gasteiger partial charge in [-0.05, 0) is 23.3 Å². The maximum absolute atomic E-state index is 11.2. The third-order valence-corrected chi connectivity index (χ3v) is 3.50. The van der Waals surface area contributed by atoms with Gasteiger partial charge in [-0.1, -0.05) is 36.4 Å². The van der Waals surface area contributed by atoms with E-state index >= 15 is 0 Å². The zero-order valence-electron chi connectivity index (χ0n) is 12.7. The molecule has 1 aliphatic heterocycles. The Morgan fingerprint density at radius 1 is 1.17 bits per heavy atom. The molecule has 1 atom stereocenters. The highest BCUT2D eigenvalue weighted by molar-refractivity contribution is 5.85. The van der Waals surface area contributed by atoms with Crippen LogP contribution in [0.4, 0.5) is 4.79 Å². The van der Waals surface area contributed by atoms with Crippen LogP contribution < -0.4 is 14.8 Å². The summed E-state index contributed by atoms with van der Waals surface area (Å²) in [5.41, 5.74) is 2.00. The average Bonchev–Trinajstić information content (AvgIpc) is 3.00. The lowest BCUT2D eigenvalue weighted by atomic mass is 10.1. The van der Waals surface area contributed by atoms with Crippen molar-refractivity contribution < 1.29 is 19.0 Å². The molecule has 3 rings (SSSR count). The van der Waals surface area contributed by atoms with Gasteiger partial charge in [-0.2, -0.15) is 0 Å². The summed E-state index contributed by atoms with van der Waals surface area (Å²) >= 11 is 0. The van der Waals surface area contributed by atoms with Crippen molar-refractivity contribution in [2.45, 2.75) is 12.6 Å². The van der Waals surface area contributed by atoms with Crippen molar-refractivity contribution in [3.05, 3.63) is 59.7 Å². The molecule has 1 saturated heterocycles. The number of halogens is 1. The number of carbonyl (C=O) groups excluding carboxylic acids is 1. The third kappa shape index (κ3) is 4.07. The summed E-state index contributed by atoms with van der Waals surface area (Å²) in [6, 6.07) is 15.4. The van der Waals surface area contributed by atoms with Crippen molar-refractivity contribution in [2.24, 2.45) is 0 Å². The SMILES string of the molecule is COc1ccc([C@@H]2COC(=O)N2)cc1OCc1ccccc1.Cl. The van der Waals surface area contributed by atoms with E-state index in [-0.39, 0.29) is 18.4 Å². The highest BCUT2D eigenvalue weighted by atomic mass is 35.5. The summed E-state index contributed by atoms with van der Waals surface area (Å²) in [5, 5.41) is 2.75. The van der Waals surface area contributed by atoms with E-state index < -0.39 is 6.09 Å². The number of amides is 1. The number of rotatable bonds is 5. The minimum Gasteiger partial charge on any atom is -0.493 e. The predicted octanol–water partition coefficient (Wildman–Crippen LogP) is 3.48. The van der Waals surface area contributed by atoms with Crippen LogP contribution in [0.25, 0.3) is 0 Å². The molecule has 1 aliphatic rings. The molecule has 6 heteroatoms. The molecule has 2 aromatic rings. The van der Waals surface area contributed by atoms with Gasteiger partial charge < -0.3 is 19.5 Å². The molecule has 2 aromatic carbocycles. The van der Waals surface area contributed by atoms with Gasteiger partial charge in [-0.15, -0.1) is 12.4 Å². The zero-order chi connectivity index (χ0) is 15.4. The van der Waals surface area contributed by atoms with Crippen LogP contribution in [0.2, 0.25) is 0 Å². The summed E-state index contributed by atoms with van der Waals surface area (Å²) in [4.78, 5) is 11.2. The van der Waals surface area contributed by atoms with Gasteiger partial charge in [0.25, 0.3) is 0 Å². The molecule has 0 unspecified atom stereocenters. The monoisotopic (exact) mass is 335 g/mol. The van der Waals surface area contributed by atoms with E-state index in [4.69, 9.17) is 14.2 Å². The fourth-order valence-corrected chi connectivity index (χ4v) is 2.32. The zero-order valence-corrected chi connectivity index (χ0v) is 13.5. The van der Waals surface area contributed by atoms with Crippen LogP contribution in [0.1, 0.15) is 17.2 Å². The largest absolute Gasteiger partial charge is 0.493 e. The summed E-state index contributed by atoms with van der Waals surface area (Å²) < 4.78 is 16.1. The molecule has 0 saturated carbocycles. The number of ether oxygens (including phenoxy) is 3. The number of methoxy groups -OCH3 is 1. The lowest BCUT2D eigenvalue weighted by molar-refractivity contribution is 0.177. The number of cyclic esters (lactones) is 1. The summed E-state index contributed by atoms with van der Waals surface area (Å²) in [6.45, 7) is 0.775. The maximum Gasteiger partial charge on any atom is 0.407 e. The first-order valence-electron chi connectivity index (χ1n) is 7.04. The smallest absolute Gasteiger partial charge is 0.407 e. The molecule has 0 bridgehead atoms. The van der Waals surface area contributed by atoms with E-state index in [2.05, 4.69) is 5.32 Å². The number of hydrogen-bond acceptors (Lipinski definition) is 4. The molecule has 122 valence electrons. The predicted molar refractivity (Wildman–Crippen MR) is 88.2 cm³/mol. The fourth-order valence-electron chi connectivity index (χ4n) is 2.32. The van der Waals surface area contributed by atoms with Gasteiger partial charge in [0.1, 0.15) is 13.2 Å². The van der Waals surface area contributed by atoms with Crippen molar-refractivity contribution in [1.29, 1.82) is 0 Å². The molecule has 1 N–H and O–H groups in total. The van der Waals surface area contributed by atoms with Crippen LogP contribution in [0, 0.1) is 0 Å². The van der Waals surface area contributed by atoms with Gasteiger partial charge in [0, 0.05) is 0 Å². The Kier molecular flexibility index (Phi) is 5.71. The van der Waals surface area contributed by atoms with Crippen LogP contribution in [0.5, 0.6) is 11.5 Å². The second-order valence-electron chi connectivity index (χ2n) is 4.98. The molecule has 0 radical (unpaired) electrons. The minimum absolute atomic E-state index is 0. The molecule has 23 heavy (non-hydrogen) atoms. The van der Waals surface area contributed by atoms with E-state index in [1.165, 1.54) is 0 Å². The van der Waals surface area contributed by atoms with Crippen LogP contribution in [0.15, 0.2) is 48.5 Å². The van der Waals surface area contributed by atoms with Crippen LogP contribution >= 0.6 is 12.4 Å². The standard InChI is InChI=1S/C17H17NO4.ClH/c1-20-15-8-7-13(14-11-22-17(19)18-14)9-16(15)21-10-12-5-3-2-4-6-12;/h2-9,14H,10-11H2,1H3,(H,18,19);1H/t14-;/m0./s1. The Hall–Kier alpha value is -2.40. The van der Waals surface area contributed by atoms with Gasteiger partial charge in [0.15, 0.2) is 11.5 Å². The van der Waals surface area contributed by atoms with Gasteiger partial charge in [0.05, 0.1) is 13.2 Å². The third-order valence-electron chi connectivity index (χ3n) is 3.50. The maximum atomic E-state index is 11.2. The number of benzene rings is 2. The highest BCUT2D eigenvalue weighted by Gasteiger charge is 2.24. The van der Waals surface area contributed by atoms with Gasteiger partial charge in [-0.3, -0.25) is 0 Å². The average molecular weight is 336 g/mol. The van der Waals surface area contributed by atoms with Crippen LogP contribution in [-0.4, -0.2) is 19.8 Å². The number of carbonyl (C=O) groups is 1. The van der Waals surface area contributed by atoms with Gasteiger partial charge >= 0.3 is 6.09 Å². The van der Waals surface area contributed by atoms with E-state index in [0.717, 1.165) is 11.1 Å². The molecular weight excluding hydrogens is 318 g/mol.